The van der Waals surface area contributed by atoms with Gasteiger partial charge < -0.3 is 10.2 Å². The van der Waals surface area contributed by atoms with Crippen molar-refractivity contribution in [1.29, 1.82) is 0 Å². The standard InChI is InChI=1S/C16H28N2O2/c1-5-6-13-16(20)18(9-11(4)12-7-8-12)14(10(2)3)15(19)17-13/h10-14H,5-9H2,1-4H3,(H,17,19). The zero-order valence-corrected chi connectivity index (χ0v) is 13.2. The van der Waals surface area contributed by atoms with Crippen LogP contribution in [0.25, 0.3) is 0 Å². The molecule has 0 spiro atoms. The summed E-state index contributed by atoms with van der Waals surface area (Å²) in [6.45, 7) is 9.04. The third-order valence-corrected chi connectivity index (χ3v) is 4.62. The number of nitrogens with zero attached hydrogens (tertiary/aromatic N) is 1. The van der Waals surface area contributed by atoms with Crippen LogP contribution in [0.1, 0.15) is 53.4 Å². The minimum absolute atomic E-state index is 0.0287. The van der Waals surface area contributed by atoms with E-state index in [0.29, 0.717) is 5.92 Å². The van der Waals surface area contributed by atoms with Crippen molar-refractivity contribution in [2.24, 2.45) is 17.8 Å². The van der Waals surface area contributed by atoms with Crippen LogP contribution in [0.4, 0.5) is 0 Å². The van der Waals surface area contributed by atoms with E-state index in [9.17, 15) is 9.59 Å². The predicted octanol–water partition coefficient (Wildman–Crippen LogP) is 2.18. The Morgan fingerprint density at radius 1 is 1.25 bits per heavy atom. The molecule has 114 valence electrons. The number of carbonyl (C=O) groups excluding carboxylic acids is 2. The lowest BCUT2D eigenvalue weighted by molar-refractivity contribution is -0.152. The number of piperazine rings is 1. The van der Waals surface area contributed by atoms with Crippen molar-refractivity contribution in [3.8, 4) is 0 Å². The summed E-state index contributed by atoms with van der Waals surface area (Å²) in [5, 5.41) is 2.92. The van der Waals surface area contributed by atoms with E-state index in [1.807, 2.05) is 25.7 Å². The van der Waals surface area contributed by atoms with E-state index in [0.717, 1.165) is 25.3 Å². The van der Waals surface area contributed by atoms with Gasteiger partial charge in [-0.05, 0) is 37.0 Å². The number of nitrogens with one attached hydrogen (secondary N) is 1. The molecule has 2 amide bonds. The largest absolute Gasteiger partial charge is 0.342 e. The van der Waals surface area contributed by atoms with Gasteiger partial charge in [0, 0.05) is 6.54 Å². The fraction of sp³-hybridized carbons (Fsp3) is 0.875. The van der Waals surface area contributed by atoms with Crippen LogP contribution in [0.2, 0.25) is 0 Å². The van der Waals surface area contributed by atoms with Gasteiger partial charge in [-0.3, -0.25) is 9.59 Å². The first-order chi connectivity index (χ1) is 9.45. The smallest absolute Gasteiger partial charge is 0.245 e. The maximum Gasteiger partial charge on any atom is 0.245 e. The van der Waals surface area contributed by atoms with Gasteiger partial charge in [0.2, 0.25) is 11.8 Å². The Balaban J connectivity index is 2.14. The van der Waals surface area contributed by atoms with Crippen LogP contribution in [-0.4, -0.2) is 35.3 Å². The topological polar surface area (TPSA) is 49.4 Å². The lowest BCUT2D eigenvalue weighted by Gasteiger charge is -2.42. The first kappa shape index (κ1) is 15.3. The Morgan fingerprint density at radius 2 is 1.90 bits per heavy atom. The molecule has 2 aliphatic rings. The Hall–Kier alpha value is -1.06. The molecule has 0 aromatic heterocycles. The Labute approximate surface area is 122 Å². The summed E-state index contributed by atoms with van der Waals surface area (Å²) in [5.74, 6) is 1.57. The molecule has 2 fully saturated rings. The molecule has 1 aliphatic carbocycles. The number of hydrogen-bond acceptors (Lipinski definition) is 2. The van der Waals surface area contributed by atoms with Crippen LogP contribution in [0, 0.1) is 17.8 Å². The van der Waals surface area contributed by atoms with E-state index >= 15 is 0 Å². The van der Waals surface area contributed by atoms with Crippen LogP contribution in [0.5, 0.6) is 0 Å². The van der Waals surface area contributed by atoms with Gasteiger partial charge in [-0.15, -0.1) is 0 Å². The molecule has 3 atom stereocenters. The summed E-state index contributed by atoms with van der Waals surface area (Å²) in [4.78, 5) is 26.9. The molecule has 2 rings (SSSR count). The average molecular weight is 280 g/mol. The van der Waals surface area contributed by atoms with Gasteiger partial charge in [0.15, 0.2) is 0 Å². The molecule has 3 unspecified atom stereocenters. The Bertz CT molecular complexity index is 377. The van der Waals surface area contributed by atoms with Crippen LogP contribution in [0.15, 0.2) is 0 Å². The Morgan fingerprint density at radius 3 is 2.40 bits per heavy atom. The van der Waals surface area contributed by atoms with Crippen molar-refractivity contribution in [2.45, 2.75) is 65.5 Å². The van der Waals surface area contributed by atoms with E-state index in [4.69, 9.17) is 0 Å². The summed E-state index contributed by atoms with van der Waals surface area (Å²) in [6, 6.07) is -0.606. The van der Waals surface area contributed by atoms with Crippen molar-refractivity contribution in [3.05, 3.63) is 0 Å². The molecule has 1 heterocycles. The average Bonchev–Trinajstić information content (AvgIpc) is 3.18. The molecule has 0 radical (unpaired) electrons. The second-order valence-electron chi connectivity index (χ2n) is 6.84. The summed E-state index contributed by atoms with van der Waals surface area (Å²) in [6.07, 6.45) is 4.21. The van der Waals surface area contributed by atoms with Gasteiger partial charge in [-0.25, -0.2) is 0 Å². The van der Waals surface area contributed by atoms with Crippen LogP contribution < -0.4 is 5.32 Å². The molecular formula is C16H28N2O2. The van der Waals surface area contributed by atoms with Crippen molar-refractivity contribution in [3.63, 3.8) is 0 Å². The van der Waals surface area contributed by atoms with E-state index in [1.165, 1.54) is 12.8 Å². The summed E-state index contributed by atoms with van der Waals surface area (Å²) >= 11 is 0. The zero-order valence-electron chi connectivity index (χ0n) is 13.2. The van der Waals surface area contributed by atoms with Crippen molar-refractivity contribution >= 4 is 11.8 Å². The van der Waals surface area contributed by atoms with Crippen LogP contribution in [-0.2, 0) is 9.59 Å². The highest BCUT2D eigenvalue weighted by atomic mass is 16.2. The van der Waals surface area contributed by atoms with Crippen molar-refractivity contribution in [2.75, 3.05) is 6.54 Å². The second kappa shape index (κ2) is 6.15. The highest BCUT2D eigenvalue weighted by molar-refractivity contribution is 5.97. The molecule has 1 aliphatic heterocycles. The van der Waals surface area contributed by atoms with E-state index in [-0.39, 0.29) is 29.8 Å². The lowest BCUT2D eigenvalue weighted by atomic mass is 9.93. The van der Waals surface area contributed by atoms with E-state index < -0.39 is 0 Å². The van der Waals surface area contributed by atoms with Crippen molar-refractivity contribution in [1.82, 2.24) is 10.2 Å². The van der Waals surface area contributed by atoms with E-state index in [1.54, 1.807) is 0 Å². The third-order valence-electron chi connectivity index (χ3n) is 4.62. The molecule has 1 saturated heterocycles. The molecule has 1 N–H and O–H groups in total. The summed E-state index contributed by atoms with van der Waals surface area (Å²) < 4.78 is 0. The number of hydrogen-bond donors (Lipinski definition) is 1. The number of rotatable bonds is 6. The van der Waals surface area contributed by atoms with Crippen LogP contribution >= 0.6 is 0 Å². The van der Waals surface area contributed by atoms with Gasteiger partial charge in [0.05, 0.1) is 0 Å². The fourth-order valence-corrected chi connectivity index (χ4v) is 3.27. The minimum Gasteiger partial charge on any atom is -0.342 e. The number of carbonyl (C=O) groups is 2. The first-order valence-corrected chi connectivity index (χ1v) is 8.06. The van der Waals surface area contributed by atoms with E-state index in [2.05, 4.69) is 12.2 Å². The maximum absolute atomic E-state index is 12.7. The van der Waals surface area contributed by atoms with Gasteiger partial charge in [0.25, 0.3) is 0 Å². The van der Waals surface area contributed by atoms with Crippen LogP contribution in [0.3, 0.4) is 0 Å². The fourth-order valence-electron chi connectivity index (χ4n) is 3.27. The summed E-state index contributed by atoms with van der Waals surface area (Å²) in [7, 11) is 0. The van der Waals surface area contributed by atoms with Gasteiger partial charge in [-0.1, -0.05) is 34.1 Å². The quantitative estimate of drug-likeness (QED) is 0.811. The minimum atomic E-state index is -0.311. The molecule has 1 saturated carbocycles. The maximum atomic E-state index is 12.7. The van der Waals surface area contributed by atoms with Gasteiger partial charge >= 0.3 is 0 Å². The SMILES string of the molecule is CCCC1NC(=O)C(C(C)C)N(CC(C)C2CC2)C1=O. The highest BCUT2D eigenvalue weighted by Crippen LogP contribution is 2.37. The zero-order chi connectivity index (χ0) is 14.9. The van der Waals surface area contributed by atoms with Gasteiger partial charge in [0.1, 0.15) is 12.1 Å². The van der Waals surface area contributed by atoms with Crippen molar-refractivity contribution < 1.29 is 9.59 Å². The lowest BCUT2D eigenvalue weighted by Crippen LogP contribution is -2.65. The highest BCUT2D eigenvalue weighted by Gasteiger charge is 2.43. The normalized spacial score (nSPS) is 28.8. The molecule has 4 nitrogen and oxygen atoms in total. The third kappa shape index (κ3) is 3.15. The molecule has 4 heteroatoms. The molecule has 0 bridgehead atoms. The monoisotopic (exact) mass is 280 g/mol. The van der Waals surface area contributed by atoms with Gasteiger partial charge in [-0.2, -0.15) is 0 Å². The molecular weight excluding hydrogens is 252 g/mol. The Kier molecular flexibility index (Phi) is 4.71. The molecule has 0 aromatic rings. The molecule has 0 aromatic carbocycles. The summed E-state index contributed by atoms with van der Waals surface area (Å²) in [5.41, 5.74) is 0. The predicted molar refractivity (Wildman–Crippen MR) is 79.1 cm³/mol. The second-order valence-corrected chi connectivity index (χ2v) is 6.84. The molecule has 20 heavy (non-hydrogen) atoms. The first-order valence-electron chi connectivity index (χ1n) is 8.06. The number of amides is 2.